The van der Waals surface area contributed by atoms with Crippen LogP contribution < -0.4 is 4.74 Å². The summed E-state index contributed by atoms with van der Waals surface area (Å²) in [6, 6.07) is 10.8. The minimum absolute atomic E-state index is 0.00136. The summed E-state index contributed by atoms with van der Waals surface area (Å²) in [5.41, 5.74) is 0.631. The van der Waals surface area contributed by atoms with Crippen molar-refractivity contribution < 1.29 is 14.3 Å². The van der Waals surface area contributed by atoms with E-state index in [1.54, 1.807) is 40.5 Å². The lowest BCUT2D eigenvalue weighted by molar-refractivity contribution is -0.133. The molecule has 1 heterocycles. The van der Waals surface area contributed by atoms with Crippen LogP contribution in [-0.2, 0) is 11.3 Å². The van der Waals surface area contributed by atoms with E-state index < -0.39 is 0 Å². The normalized spacial score (nSPS) is 10.3. The zero-order valence-corrected chi connectivity index (χ0v) is 13.6. The summed E-state index contributed by atoms with van der Waals surface area (Å²) >= 11 is 1.64. The van der Waals surface area contributed by atoms with Crippen molar-refractivity contribution in [3.05, 3.63) is 52.2 Å². The van der Waals surface area contributed by atoms with Crippen LogP contribution in [0, 0.1) is 0 Å². The number of thiophene rings is 1. The molecule has 0 spiro atoms. The maximum atomic E-state index is 12.2. The first-order chi connectivity index (χ1) is 10.6. The van der Waals surface area contributed by atoms with Gasteiger partial charge in [-0.2, -0.15) is 0 Å². The molecule has 0 saturated heterocycles. The Bertz CT molecular complexity index is 620. The van der Waals surface area contributed by atoms with Gasteiger partial charge in [-0.05, 0) is 49.6 Å². The van der Waals surface area contributed by atoms with Crippen molar-refractivity contribution in [1.29, 1.82) is 0 Å². The van der Waals surface area contributed by atoms with E-state index in [9.17, 15) is 9.59 Å². The van der Waals surface area contributed by atoms with Gasteiger partial charge in [-0.3, -0.25) is 9.59 Å². The van der Waals surface area contributed by atoms with Gasteiger partial charge < -0.3 is 9.64 Å². The molecule has 1 aromatic carbocycles. The highest BCUT2D eigenvalue weighted by atomic mass is 32.1. The Kier molecular flexibility index (Phi) is 5.72. The molecular weight excluding hydrogens is 298 g/mol. The topological polar surface area (TPSA) is 46.6 Å². The maximum absolute atomic E-state index is 12.2. The van der Waals surface area contributed by atoms with Gasteiger partial charge in [0.1, 0.15) is 5.75 Å². The van der Waals surface area contributed by atoms with Crippen LogP contribution in [0.25, 0.3) is 0 Å². The Labute approximate surface area is 134 Å². The molecule has 0 aliphatic rings. The fourth-order valence-electron chi connectivity index (χ4n) is 1.99. The molecule has 0 radical (unpaired) electrons. The molecule has 0 unspecified atom stereocenters. The van der Waals surface area contributed by atoms with Gasteiger partial charge in [0.2, 0.25) is 0 Å². The van der Waals surface area contributed by atoms with Gasteiger partial charge >= 0.3 is 0 Å². The standard InChI is InChI=1S/C17H19NO3S/c1-3-18(11-16-5-4-10-22-16)17(20)12-21-15-8-6-14(7-9-15)13(2)19/h4-10H,3,11-12H2,1-2H3. The van der Waals surface area contributed by atoms with E-state index in [1.165, 1.54) is 6.92 Å². The number of carbonyl (C=O) groups is 2. The van der Waals surface area contributed by atoms with Crippen LogP contribution in [0.4, 0.5) is 0 Å². The molecule has 0 aliphatic heterocycles. The maximum Gasteiger partial charge on any atom is 0.260 e. The lowest BCUT2D eigenvalue weighted by atomic mass is 10.1. The first kappa shape index (κ1) is 16.2. The van der Waals surface area contributed by atoms with Crippen LogP contribution in [-0.4, -0.2) is 29.7 Å². The lowest BCUT2D eigenvalue weighted by Gasteiger charge is -2.20. The number of nitrogens with zero attached hydrogens (tertiary/aromatic N) is 1. The zero-order valence-electron chi connectivity index (χ0n) is 12.7. The molecule has 1 aromatic heterocycles. The zero-order chi connectivity index (χ0) is 15.9. The Morgan fingerprint density at radius 1 is 1.18 bits per heavy atom. The average Bonchev–Trinajstić information content (AvgIpc) is 3.03. The van der Waals surface area contributed by atoms with Gasteiger partial charge in [-0.1, -0.05) is 6.07 Å². The fourth-order valence-corrected chi connectivity index (χ4v) is 2.71. The van der Waals surface area contributed by atoms with Crippen LogP contribution in [0.2, 0.25) is 0 Å². The van der Waals surface area contributed by atoms with Crippen LogP contribution >= 0.6 is 11.3 Å². The number of Topliss-reactive ketones (excluding diaryl/α,β-unsaturated/α-hetero) is 1. The number of ketones is 1. The van der Waals surface area contributed by atoms with Crippen LogP contribution in [0.1, 0.15) is 29.1 Å². The number of benzene rings is 1. The molecule has 0 atom stereocenters. The smallest absolute Gasteiger partial charge is 0.260 e. The predicted octanol–water partition coefficient (Wildman–Crippen LogP) is 3.38. The van der Waals surface area contributed by atoms with E-state index in [1.807, 2.05) is 24.4 Å². The first-order valence-electron chi connectivity index (χ1n) is 7.14. The fraction of sp³-hybridized carbons (Fsp3) is 0.294. The molecule has 4 nitrogen and oxygen atoms in total. The monoisotopic (exact) mass is 317 g/mol. The average molecular weight is 317 g/mol. The number of carbonyl (C=O) groups excluding carboxylic acids is 2. The molecule has 0 N–H and O–H groups in total. The molecule has 0 bridgehead atoms. The van der Waals surface area contributed by atoms with Crippen molar-refractivity contribution in [2.24, 2.45) is 0 Å². The first-order valence-corrected chi connectivity index (χ1v) is 8.02. The van der Waals surface area contributed by atoms with E-state index >= 15 is 0 Å². The summed E-state index contributed by atoms with van der Waals surface area (Å²) in [5, 5.41) is 2.00. The van der Waals surface area contributed by atoms with Crippen LogP contribution in [0.3, 0.4) is 0 Å². The second-order valence-electron chi connectivity index (χ2n) is 4.86. The van der Waals surface area contributed by atoms with Gasteiger partial charge in [-0.25, -0.2) is 0 Å². The highest BCUT2D eigenvalue weighted by molar-refractivity contribution is 7.09. The molecule has 22 heavy (non-hydrogen) atoms. The number of rotatable bonds is 7. The third-order valence-electron chi connectivity index (χ3n) is 3.28. The minimum Gasteiger partial charge on any atom is -0.484 e. The summed E-state index contributed by atoms with van der Waals surface area (Å²) in [6.45, 7) is 4.72. The molecule has 0 fully saturated rings. The number of hydrogen-bond donors (Lipinski definition) is 0. The van der Waals surface area contributed by atoms with Gasteiger partial charge in [0.05, 0.1) is 6.54 Å². The van der Waals surface area contributed by atoms with Crippen molar-refractivity contribution in [2.75, 3.05) is 13.2 Å². The summed E-state index contributed by atoms with van der Waals surface area (Å²) in [7, 11) is 0. The van der Waals surface area contributed by atoms with E-state index in [-0.39, 0.29) is 18.3 Å². The number of likely N-dealkylation sites (N-methyl/N-ethyl adjacent to an activating group) is 1. The Balaban J connectivity index is 1.89. The number of ether oxygens (including phenoxy) is 1. The number of hydrogen-bond acceptors (Lipinski definition) is 4. The minimum atomic E-state index is -0.0495. The molecule has 2 aromatic rings. The summed E-state index contributed by atoms with van der Waals surface area (Å²) < 4.78 is 5.51. The van der Waals surface area contributed by atoms with Crippen molar-refractivity contribution in [3.8, 4) is 5.75 Å². The van der Waals surface area contributed by atoms with Crippen LogP contribution in [0.5, 0.6) is 5.75 Å². The lowest BCUT2D eigenvalue weighted by Crippen LogP contribution is -2.34. The van der Waals surface area contributed by atoms with Gasteiger partial charge in [-0.15, -0.1) is 11.3 Å². The van der Waals surface area contributed by atoms with Gasteiger partial charge in [0.15, 0.2) is 12.4 Å². The van der Waals surface area contributed by atoms with E-state index in [4.69, 9.17) is 4.74 Å². The largest absolute Gasteiger partial charge is 0.484 e. The second kappa shape index (κ2) is 7.75. The predicted molar refractivity (Wildman–Crippen MR) is 87.4 cm³/mol. The van der Waals surface area contributed by atoms with Crippen molar-refractivity contribution >= 4 is 23.0 Å². The van der Waals surface area contributed by atoms with Crippen molar-refractivity contribution in [2.45, 2.75) is 20.4 Å². The molecule has 1 amide bonds. The number of amides is 1. The molecule has 116 valence electrons. The van der Waals surface area contributed by atoms with Gasteiger partial charge in [0, 0.05) is 17.0 Å². The summed E-state index contributed by atoms with van der Waals surface area (Å²) in [4.78, 5) is 26.3. The SMILES string of the molecule is CCN(Cc1cccs1)C(=O)COc1ccc(C(C)=O)cc1. The highest BCUT2D eigenvalue weighted by Gasteiger charge is 2.13. The van der Waals surface area contributed by atoms with E-state index in [2.05, 4.69) is 0 Å². The molecule has 0 saturated carbocycles. The molecular formula is C17H19NO3S. The highest BCUT2D eigenvalue weighted by Crippen LogP contribution is 2.14. The molecule has 2 rings (SSSR count). The second-order valence-corrected chi connectivity index (χ2v) is 5.89. The van der Waals surface area contributed by atoms with E-state index in [0.717, 1.165) is 4.88 Å². The van der Waals surface area contributed by atoms with Crippen molar-refractivity contribution in [1.82, 2.24) is 4.90 Å². The van der Waals surface area contributed by atoms with Crippen LogP contribution in [0.15, 0.2) is 41.8 Å². The third-order valence-corrected chi connectivity index (χ3v) is 4.15. The molecule has 0 aliphatic carbocycles. The van der Waals surface area contributed by atoms with Gasteiger partial charge in [0.25, 0.3) is 5.91 Å². The molecule has 5 heteroatoms. The summed E-state index contributed by atoms with van der Waals surface area (Å²) in [6.07, 6.45) is 0. The Morgan fingerprint density at radius 2 is 1.91 bits per heavy atom. The Hall–Kier alpha value is -2.14. The van der Waals surface area contributed by atoms with Crippen molar-refractivity contribution in [3.63, 3.8) is 0 Å². The summed E-state index contributed by atoms with van der Waals surface area (Å²) in [5.74, 6) is 0.549. The quantitative estimate of drug-likeness (QED) is 0.736. The van der Waals surface area contributed by atoms with E-state index in [0.29, 0.717) is 24.4 Å². The Morgan fingerprint density at radius 3 is 2.45 bits per heavy atom. The third kappa shape index (κ3) is 4.43.